The van der Waals surface area contributed by atoms with Crippen LogP contribution in [0.15, 0.2) is 34.9 Å². The summed E-state index contributed by atoms with van der Waals surface area (Å²) in [4.78, 5) is 18.9. The van der Waals surface area contributed by atoms with Gasteiger partial charge in [-0.15, -0.1) is 0 Å². The van der Waals surface area contributed by atoms with E-state index < -0.39 is 0 Å². The minimum absolute atomic E-state index is 0.130. The van der Waals surface area contributed by atoms with Gasteiger partial charge in [0.15, 0.2) is 17.6 Å². The first-order valence-electron chi connectivity index (χ1n) is 8.40. The maximum Gasteiger partial charge on any atom is 0.258 e. The second-order valence-electron chi connectivity index (χ2n) is 6.44. The Morgan fingerprint density at radius 1 is 1.27 bits per heavy atom. The number of benzene rings is 1. The minimum atomic E-state index is -0.235. The summed E-state index contributed by atoms with van der Waals surface area (Å²) in [5.74, 6) is 1.29. The van der Waals surface area contributed by atoms with E-state index in [9.17, 15) is 4.79 Å². The quantitative estimate of drug-likeness (QED) is 0.720. The molecule has 1 aliphatic rings. The van der Waals surface area contributed by atoms with Crippen molar-refractivity contribution in [1.29, 1.82) is 0 Å². The van der Waals surface area contributed by atoms with Gasteiger partial charge in [-0.2, -0.15) is 0 Å². The topological polar surface area (TPSA) is 77.7 Å². The lowest BCUT2D eigenvalue weighted by Crippen LogP contribution is -2.41. The highest BCUT2D eigenvalue weighted by Gasteiger charge is 2.26. The molecule has 1 aliphatic heterocycles. The van der Waals surface area contributed by atoms with Crippen LogP contribution in [0.3, 0.4) is 0 Å². The zero-order chi connectivity index (χ0) is 18.3. The number of para-hydroxylation sites is 2. The van der Waals surface area contributed by atoms with E-state index in [2.05, 4.69) is 10.1 Å². The standard InChI is InChI=1S/C19H19N3O4/c1-11-8-14(17-12(2)21-26-18(17)20-11)19(23)22(3)9-13-10-24-15-6-4-5-7-16(15)25-13/h4-8,13H,9-10H2,1-3H3/t13-/m0/s1. The molecule has 0 unspecified atom stereocenters. The van der Waals surface area contributed by atoms with Crippen molar-refractivity contribution in [3.8, 4) is 11.5 Å². The molecule has 0 N–H and O–H groups in total. The van der Waals surface area contributed by atoms with Gasteiger partial charge >= 0.3 is 0 Å². The van der Waals surface area contributed by atoms with Crippen molar-refractivity contribution >= 4 is 17.0 Å². The summed E-state index contributed by atoms with van der Waals surface area (Å²) in [6.45, 7) is 4.42. The van der Waals surface area contributed by atoms with Crippen LogP contribution in [0.25, 0.3) is 11.1 Å². The number of nitrogens with zero attached hydrogens (tertiary/aromatic N) is 3. The first-order chi connectivity index (χ1) is 12.5. The lowest BCUT2D eigenvalue weighted by Gasteiger charge is -2.29. The van der Waals surface area contributed by atoms with Gasteiger partial charge in [-0.1, -0.05) is 17.3 Å². The fourth-order valence-electron chi connectivity index (χ4n) is 3.13. The van der Waals surface area contributed by atoms with Gasteiger partial charge in [-0.05, 0) is 32.0 Å². The van der Waals surface area contributed by atoms with Gasteiger partial charge < -0.3 is 18.9 Å². The molecule has 3 heterocycles. The number of carbonyl (C=O) groups is 1. The molecule has 7 heteroatoms. The van der Waals surface area contributed by atoms with Crippen LogP contribution >= 0.6 is 0 Å². The number of ether oxygens (including phenoxy) is 2. The average Bonchev–Trinajstić information content (AvgIpc) is 3.01. The molecule has 0 saturated carbocycles. The molecular weight excluding hydrogens is 334 g/mol. The number of hydrogen-bond donors (Lipinski definition) is 0. The number of aromatic nitrogens is 2. The number of pyridine rings is 1. The van der Waals surface area contributed by atoms with E-state index >= 15 is 0 Å². The summed E-state index contributed by atoms with van der Waals surface area (Å²) < 4.78 is 16.9. The second kappa shape index (κ2) is 6.33. The molecule has 4 rings (SSSR count). The van der Waals surface area contributed by atoms with E-state index in [1.807, 2.05) is 31.2 Å². The molecule has 1 aromatic carbocycles. The van der Waals surface area contributed by atoms with E-state index in [1.54, 1.807) is 24.9 Å². The van der Waals surface area contributed by atoms with Gasteiger partial charge in [0.25, 0.3) is 11.6 Å². The highest BCUT2D eigenvalue weighted by Crippen LogP contribution is 2.31. The van der Waals surface area contributed by atoms with E-state index in [1.165, 1.54) is 0 Å². The van der Waals surface area contributed by atoms with Crippen LogP contribution in [0, 0.1) is 13.8 Å². The first-order valence-corrected chi connectivity index (χ1v) is 8.40. The number of amides is 1. The number of hydrogen-bond acceptors (Lipinski definition) is 6. The van der Waals surface area contributed by atoms with Crippen LogP contribution in [0.1, 0.15) is 21.7 Å². The summed E-state index contributed by atoms with van der Waals surface area (Å²) in [6, 6.07) is 9.28. The molecule has 2 aromatic heterocycles. The van der Waals surface area contributed by atoms with E-state index in [0.717, 1.165) is 5.75 Å². The molecule has 0 aliphatic carbocycles. The molecular formula is C19H19N3O4. The van der Waals surface area contributed by atoms with Crippen LogP contribution in [-0.4, -0.2) is 47.3 Å². The molecule has 26 heavy (non-hydrogen) atoms. The fourth-order valence-corrected chi connectivity index (χ4v) is 3.13. The zero-order valence-corrected chi connectivity index (χ0v) is 14.9. The SMILES string of the molecule is Cc1cc(C(=O)N(C)C[C@H]2COc3ccccc3O2)c2c(C)noc2n1. The monoisotopic (exact) mass is 353 g/mol. The molecule has 0 spiro atoms. The molecule has 0 fully saturated rings. The molecule has 0 radical (unpaired) electrons. The van der Waals surface area contributed by atoms with Crippen molar-refractivity contribution in [1.82, 2.24) is 15.0 Å². The molecule has 0 bridgehead atoms. The lowest BCUT2D eigenvalue weighted by molar-refractivity contribution is 0.0522. The summed E-state index contributed by atoms with van der Waals surface area (Å²) in [5.41, 5.74) is 2.27. The highest BCUT2D eigenvalue weighted by atomic mass is 16.6. The van der Waals surface area contributed by atoms with Crippen molar-refractivity contribution in [2.75, 3.05) is 20.2 Å². The number of rotatable bonds is 3. The van der Waals surface area contributed by atoms with Crippen molar-refractivity contribution < 1.29 is 18.8 Å². The third kappa shape index (κ3) is 2.85. The largest absolute Gasteiger partial charge is 0.486 e. The van der Waals surface area contributed by atoms with Gasteiger partial charge in [0, 0.05) is 12.7 Å². The van der Waals surface area contributed by atoms with Gasteiger partial charge in [0.1, 0.15) is 6.61 Å². The number of likely N-dealkylation sites (N-methyl/N-ethyl adjacent to an activating group) is 1. The van der Waals surface area contributed by atoms with Gasteiger partial charge in [-0.25, -0.2) is 4.98 Å². The van der Waals surface area contributed by atoms with Crippen molar-refractivity contribution in [2.24, 2.45) is 0 Å². The summed E-state index contributed by atoms with van der Waals surface area (Å²) >= 11 is 0. The Balaban J connectivity index is 1.55. The molecule has 134 valence electrons. The zero-order valence-electron chi connectivity index (χ0n) is 14.9. The third-order valence-electron chi connectivity index (χ3n) is 4.37. The number of fused-ring (bicyclic) bond motifs is 2. The maximum atomic E-state index is 13.0. The van der Waals surface area contributed by atoms with Crippen LogP contribution in [-0.2, 0) is 0 Å². The molecule has 1 atom stereocenters. The smallest absolute Gasteiger partial charge is 0.258 e. The van der Waals surface area contributed by atoms with Crippen molar-refractivity contribution in [2.45, 2.75) is 20.0 Å². The summed E-state index contributed by atoms with van der Waals surface area (Å²) in [5, 5.41) is 4.58. The minimum Gasteiger partial charge on any atom is -0.486 e. The van der Waals surface area contributed by atoms with Crippen molar-refractivity contribution in [3.05, 3.63) is 47.3 Å². The first kappa shape index (κ1) is 16.4. The van der Waals surface area contributed by atoms with Crippen LogP contribution in [0.5, 0.6) is 11.5 Å². The predicted molar refractivity (Wildman–Crippen MR) is 94.6 cm³/mol. The van der Waals surface area contributed by atoms with Crippen LogP contribution in [0.4, 0.5) is 0 Å². The Kier molecular flexibility index (Phi) is 3.99. The molecule has 1 amide bonds. The predicted octanol–water partition coefficient (Wildman–Crippen LogP) is 2.75. The van der Waals surface area contributed by atoms with E-state index in [0.29, 0.717) is 47.0 Å². The van der Waals surface area contributed by atoms with Gasteiger partial charge in [0.05, 0.1) is 23.2 Å². The Morgan fingerprint density at radius 2 is 2.04 bits per heavy atom. The van der Waals surface area contributed by atoms with Gasteiger partial charge in [-0.3, -0.25) is 4.79 Å². The van der Waals surface area contributed by atoms with E-state index in [-0.39, 0.29) is 12.0 Å². The lowest BCUT2D eigenvalue weighted by atomic mass is 10.1. The van der Waals surface area contributed by atoms with E-state index in [4.69, 9.17) is 14.0 Å². The Morgan fingerprint density at radius 3 is 2.85 bits per heavy atom. The molecule has 0 saturated heterocycles. The molecule has 7 nitrogen and oxygen atoms in total. The van der Waals surface area contributed by atoms with Gasteiger partial charge in [0.2, 0.25) is 0 Å². The summed E-state index contributed by atoms with van der Waals surface area (Å²) in [7, 11) is 1.75. The summed E-state index contributed by atoms with van der Waals surface area (Å²) in [6.07, 6.45) is -0.235. The second-order valence-corrected chi connectivity index (χ2v) is 6.44. The van der Waals surface area contributed by atoms with Crippen LogP contribution in [0.2, 0.25) is 0 Å². The third-order valence-corrected chi connectivity index (χ3v) is 4.37. The number of aryl methyl sites for hydroxylation is 2. The normalized spacial score (nSPS) is 15.9. The number of carbonyl (C=O) groups excluding carboxylic acids is 1. The van der Waals surface area contributed by atoms with Crippen molar-refractivity contribution in [3.63, 3.8) is 0 Å². The fraction of sp³-hybridized carbons (Fsp3) is 0.316. The Labute approximate surface area is 150 Å². The van der Waals surface area contributed by atoms with Crippen LogP contribution < -0.4 is 9.47 Å². The molecule has 3 aromatic rings. The average molecular weight is 353 g/mol. The highest BCUT2D eigenvalue weighted by molar-refractivity contribution is 6.05. The Bertz CT molecular complexity index is 982. The Hall–Kier alpha value is -3.09. The maximum absolute atomic E-state index is 13.0.